The van der Waals surface area contributed by atoms with Crippen LogP contribution in [0.2, 0.25) is 0 Å². The zero-order valence-electron chi connectivity index (χ0n) is 8.55. The molecule has 2 aliphatic carbocycles. The van der Waals surface area contributed by atoms with Crippen LogP contribution in [0, 0.1) is 11.8 Å². The summed E-state index contributed by atoms with van der Waals surface area (Å²) in [6.45, 7) is 5.82. The average molecular weight is 178 g/mol. The molecule has 1 heterocycles. The van der Waals surface area contributed by atoms with Crippen molar-refractivity contribution >= 4 is 0 Å². The van der Waals surface area contributed by atoms with Crippen molar-refractivity contribution in [1.82, 2.24) is 0 Å². The van der Waals surface area contributed by atoms with Gasteiger partial charge in [0.05, 0.1) is 13.2 Å². The lowest BCUT2D eigenvalue weighted by molar-refractivity contribution is 0.146. The van der Waals surface area contributed by atoms with Gasteiger partial charge in [-0.1, -0.05) is 31.6 Å². The first kappa shape index (κ1) is 9.01. The van der Waals surface area contributed by atoms with E-state index in [1.165, 1.54) is 18.4 Å². The van der Waals surface area contributed by atoms with Gasteiger partial charge >= 0.3 is 0 Å². The van der Waals surface area contributed by atoms with E-state index in [2.05, 4.69) is 12.2 Å². The Morgan fingerprint density at radius 1 is 1.38 bits per heavy atom. The lowest BCUT2D eigenvalue weighted by atomic mass is 9.94. The Hall–Kier alpha value is -0.560. The molecule has 1 aliphatic heterocycles. The second-order valence-corrected chi connectivity index (χ2v) is 3.72. The van der Waals surface area contributed by atoms with Gasteiger partial charge in [0.25, 0.3) is 0 Å². The van der Waals surface area contributed by atoms with Gasteiger partial charge < -0.3 is 4.74 Å². The summed E-state index contributed by atoms with van der Waals surface area (Å²) < 4.78 is 5.40. The van der Waals surface area contributed by atoms with Crippen molar-refractivity contribution in [2.75, 3.05) is 13.2 Å². The second-order valence-electron chi connectivity index (χ2n) is 3.72. The van der Waals surface area contributed by atoms with Crippen LogP contribution in [-0.4, -0.2) is 13.2 Å². The maximum absolute atomic E-state index is 5.40. The minimum atomic E-state index is 0.870. The molecule has 0 aromatic rings. The van der Waals surface area contributed by atoms with Gasteiger partial charge in [-0.25, -0.2) is 0 Å². The van der Waals surface area contributed by atoms with Gasteiger partial charge in [-0.2, -0.15) is 0 Å². The number of rotatable bonds is 0. The van der Waals surface area contributed by atoms with Gasteiger partial charge in [-0.15, -0.1) is 0 Å². The highest BCUT2D eigenvalue weighted by atomic mass is 16.5. The van der Waals surface area contributed by atoms with E-state index in [0.717, 1.165) is 25.0 Å². The molecule has 1 saturated carbocycles. The summed E-state index contributed by atoms with van der Waals surface area (Å²) in [6.07, 6.45) is 7.25. The summed E-state index contributed by atoms with van der Waals surface area (Å²) in [6, 6.07) is 0. The minimum absolute atomic E-state index is 0.870. The molecule has 3 aliphatic rings. The lowest BCUT2D eigenvalue weighted by Crippen LogP contribution is -2.13. The van der Waals surface area contributed by atoms with E-state index in [9.17, 15) is 0 Å². The molecule has 0 aromatic heterocycles. The number of hydrogen-bond donors (Lipinski definition) is 0. The highest BCUT2D eigenvalue weighted by Crippen LogP contribution is 2.50. The normalized spacial score (nSPS) is 34.3. The zero-order chi connectivity index (χ0) is 9.26. The third kappa shape index (κ3) is 1.58. The first-order valence-electron chi connectivity index (χ1n) is 5.43. The fourth-order valence-corrected chi connectivity index (χ4v) is 2.26. The molecule has 13 heavy (non-hydrogen) atoms. The fraction of sp³-hybridized carbons (Fsp3) is 0.667. The zero-order valence-corrected chi connectivity index (χ0v) is 8.55. The third-order valence-corrected chi connectivity index (χ3v) is 3.02. The molecule has 1 heteroatoms. The molecule has 1 fully saturated rings. The van der Waals surface area contributed by atoms with Crippen LogP contribution in [-0.2, 0) is 4.74 Å². The smallest absolute Gasteiger partial charge is 0.0716 e. The third-order valence-electron chi connectivity index (χ3n) is 3.02. The van der Waals surface area contributed by atoms with E-state index >= 15 is 0 Å². The molecule has 0 amide bonds. The van der Waals surface area contributed by atoms with Crippen molar-refractivity contribution < 1.29 is 4.74 Å². The van der Waals surface area contributed by atoms with E-state index in [1.807, 2.05) is 13.8 Å². The summed E-state index contributed by atoms with van der Waals surface area (Å²) >= 11 is 0. The summed E-state index contributed by atoms with van der Waals surface area (Å²) in [5, 5.41) is 0. The van der Waals surface area contributed by atoms with Crippen molar-refractivity contribution in [1.29, 1.82) is 0 Å². The maximum Gasteiger partial charge on any atom is 0.0716 e. The quantitative estimate of drug-likeness (QED) is 0.554. The van der Waals surface area contributed by atoms with Crippen LogP contribution in [0.1, 0.15) is 26.7 Å². The first-order valence-corrected chi connectivity index (χ1v) is 5.43. The SMILES string of the molecule is C1=CC2CC2C2=C1COCC2.CC. The number of fused-ring (bicyclic) bond motifs is 2. The Morgan fingerprint density at radius 2 is 2.23 bits per heavy atom. The van der Waals surface area contributed by atoms with Crippen LogP contribution in [0.15, 0.2) is 23.3 Å². The molecule has 72 valence electrons. The maximum atomic E-state index is 5.40. The average Bonchev–Trinajstić information content (AvgIpc) is 3.00. The van der Waals surface area contributed by atoms with Crippen LogP contribution in [0.4, 0.5) is 0 Å². The van der Waals surface area contributed by atoms with E-state index < -0.39 is 0 Å². The van der Waals surface area contributed by atoms with Crippen LogP contribution in [0.3, 0.4) is 0 Å². The lowest BCUT2D eigenvalue weighted by Gasteiger charge is -2.20. The monoisotopic (exact) mass is 178 g/mol. The van der Waals surface area contributed by atoms with Gasteiger partial charge in [-0.05, 0) is 30.3 Å². The fourth-order valence-electron chi connectivity index (χ4n) is 2.26. The van der Waals surface area contributed by atoms with Gasteiger partial charge in [0.1, 0.15) is 0 Å². The molecule has 0 radical (unpaired) electrons. The number of hydrogen-bond acceptors (Lipinski definition) is 1. The standard InChI is InChI=1S/C10H12O.C2H6/c1-2-8-6-11-4-3-9(8)10-5-7(1)10;1-2/h1-2,7,10H,3-6H2;1-2H3. The van der Waals surface area contributed by atoms with E-state index in [1.54, 1.807) is 5.57 Å². The van der Waals surface area contributed by atoms with Gasteiger partial charge in [-0.3, -0.25) is 0 Å². The largest absolute Gasteiger partial charge is 0.376 e. The van der Waals surface area contributed by atoms with Crippen LogP contribution < -0.4 is 0 Å². The Bertz CT molecular complexity index is 250. The van der Waals surface area contributed by atoms with Crippen molar-refractivity contribution in [3.8, 4) is 0 Å². The summed E-state index contributed by atoms with van der Waals surface area (Å²) in [7, 11) is 0. The van der Waals surface area contributed by atoms with E-state index in [-0.39, 0.29) is 0 Å². The predicted octanol–water partition coefficient (Wildman–Crippen LogP) is 2.94. The minimum Gasteiger partial charge on any atom is -0.376 e. The number of ether oxygens (including phenoxy) is 1. The van der Waals surface area contributed by atoms with Crippen LogP contribution in [0.5, 0.6) is 0 Å². The van der Waals surface area contributed by atoms with E-state index in [4.69, 9.17) is 4.74 Å². The molecule has 1 nitrogen and oxygen atoms in total. The molecule has 0 bridgehead atoms. The molecular formula is C12H18O. The molecule has 0 saturated heterocycles. The summed E-state index contributed by atoms with van der Waals surface area (Å²) in [5.74, 6) is 1.84. The summed E-state index contributed by atoms with van der Waals surface area (Å²) in [5.41, 5.74) is 3.19. The molecule has 0 aromatic carbocycles. The molecule has 2 atom stereocenters. The highest BCUT2D eigenvalue weighted by molar-refractivity contribution is 5.39. The Kier molecular flexibility index (Phi) is 2.54. The van der Waals surface area contributed by atoms with Gasteiger partial charge in [0.15, 0.2) is 0 Å². The topological polar surface area (TPSA) is 9.23 Å². The van der Waals surface area contributed by atoms with E-state index in [0.29, 0.717) is 0 Å². The molecule has 0 N–H and O–H groups in total. The molecular weight excluding hydrogens is 160 g/mol. The first-order chi connectivity index (χ1) is 6.45. The second kappa shape index (κ2) is 3.67. The van der Waals surface area contributed by atoms with Gasteiger partial charge in [0, 0.05) is 0 Å². The molecule has 3 rings (SSSR count). The van der Waals surface area contributed by atoms with Gasteiger partial charge in [0.2, 0.25) is 0 Å². The van der Waals surface area contributed by atoms with Crippen molar-refractivity contribution in [3.05, 3.63) is 23.3 Å². The highest BCUT2D eigenvalue weighted by Gasteiger charge is 2.41. The van der Waals surface area contributed by atoms with Crippen LogP contribution in [0.25, 0.3) is 0 Å². The Morgan fingerprint density at radius 3 is 3.08 bits per heavy atom. The van der Waals surface area contributed by atoms with Crippen molar-refractivity contribution in [3.63, 3.8) is 0 Å². The number of allylic oxidation sites excluding steroid dienone is 1. The molecule has 0 spiro atoms. The predicted molar refractivity (Wildman–Crippen MR) is 54.5 cm³/mol. The molecule has 2 unspecified atom stereocenters. The summed E-state index contributed by atoms with van der Waals surface area (Å²) in [4.78, 5) is 0. The van der Waals surface area contributed by atoms with Crippen molar-refractivity contribution in [2.24, 2.45) is 11.8 Å². The Balaban J connectivity index is 0.000000308. The Labute approximate surface area is 80.5 Å². The van der Waals surface area contributed by atoms with Crippen LogP contribution >= 0.6 is 0 Å². The van der Waals surface area contributed by atoms with Crippen molar-refractivity contribution in [2.45, 2.75) is 26.7 Å².